The third kappa shape index (κ3) is 4.33. The smallest absolute Gasteiger partial charge is 0.241 e. The Morgan fingerprint density at radius 3 is 2.52 bits per heavy atom. The molecule has 0 aliphatic heterocycles. The number of hydrogen-bond acceptors (Lipinski definition) is 3. The molecule has 2 rings (SSSR count). The summed E-state index contributed by atoms with van der Waals surface area (Å²) < 4.78 is 5.79. The number of nitrogens with two attached hydrogens (primary N) is 1. The van der Waals surface area contributed by atoms with Crippen molar-refractivity contribution in [3.8, 4) is 11.5 Å². The Hall–Kier alpha value is -2.33. The van der Waals surface area contributed by atoms with Crippen LogP contribution in [0.25, 0.3) is 0 Å². The van der Waals surface area contributed by atoms with Crippen molar-refractivity contribution in [1.82, 2.24) is 0 Å². The highest BCUT2D eigenvalue weighted by molar-refractivity contribution is 5.95. The van der Waals surface area contributed by atoms with E-state index in [-0.39, 0.29) is 5.91 Å². The van der Waals surface area contributed by atoms with Gasteiger partial charge in [-0.3, -0.25) is 4.79 Å². The molecule has 3 N–H and O–H groups in total. The van der Waals surface area contributed by atoms with Gasteiger partial charge in [0.25, 0.3) is 0 Å². The number of para-hydroxylation sites is 3. The molecule has 0 aliphatic carbocycles. The van der Waals surface area contributed by atoms with Crippen LogP contribution in [0, 0.1) is 0 Å². The van der Waals surface area contributed by atoms with Gasteiger partial charge in [-0.25, -0.2) is 0 Å². The Kier molecular flexibility index (Phi) is 5.35. The van der Waals surface area contributed by atoms with Gasteiger partial charge in [0.15, 0.2) is 5.75 Å². The van der Waals surface area contributed by atoms with Gasteiger partial charge in [0.2, 0.25) is 5.91 Å². The second-order valence-corrected chi connectivity index (χ2v) is 4.80. The fraction of sp³-hybridized carbons (Fsp3) is 0.235. The Bertz CT molecular complexity index is 584. The first kappa shape index (κ1) is 15.1. The third-order valence-corrected chi connectivity index (χ3v) is 3.05. The minimum Gasteiger partial charge on any atom is -0.455 e. The maximum absolute atomic E-state index is 12.0. The highest BCUT2D eigenvalue weighted by Crippen LogP contribution is 2.29. The summed E-state index contributed by atoms with van der Waals surface area (Å²) >= 11 is 0. The molecular weight excluding hydrogens is 264 g/mol. The van der Waals surface area contributed by atoms with Crippen molar-refractivity contribution >= 4 is 11.6 Å². The van der Waals surface area contributed by atoms with Crippen molar-refractivity contribution in [3.05, 3.63) is 54.6 Å². The van der Waals surface area contributed by atoms with Crippen LogP contribution in [0.15, 0.2) is 54.6 Å². The highest BCUT2D eigenvalue weighted by atomic mass is 16.5. The van der Waals surface area contributed by atoms with E-state index < -0.39 is 6.04 Å². The maximum atomic E-state index is 12.0. The Morgan fingerprint density at radius 2 is 1.81 bits per heavy atom. The lowest BCUT2D eigenvalue weighted by Gasteiger charge is -2.14. The fourth-order valence-corrected chi connectivity index (χ4v) is 1.94. The number of carbonyl (C=O) groups excluding carboxylic acids is 1. The zero-order valence-electron chi connectivity index (χ0n) is 12.1. The molecule has 2 aromatic carbocycles. The van der Waals surface area contributed by atoms with E-state index in [4.69, 9.17) is 10.5 Å². The number of carbonyl (C=O) groups is 1. The molecule has 0 aromatic heterocycles. The van der Waals surface area contributed by atoms with Gasteiger partial charge in [-0.2, -0.15) is 0 Å². The summed E-state index contributed by atoms with van der Waals surface area (Å²) in [6.07, 6.45) is 1.53. The number of amides is 1. The molecule has 0 bridgehead atoms. The number of rotatable bonds is 6. The number of hydrogen-bond donors (Lipinski definition) is 2. The fourth-order valence-electron chi connectivity index (χ4n) is 1.94. The average molecular weight is 284 g/mol. The van der Waals surface area contributed by atoms with E-state index in [0.29, 0.717) is 17.9 Å². The van der Waals surface area contributed by atoms with Gasteiger partial charge in [0.05, 0.1) is 11.7 Å². The molecule has 21 heavy (non-hydrogen) atoms. The minimum absolute atomic E-state index is 0.194. The first-order valence-corrected chi connectivity index (χ1v) is 7.09. The minimum atomic E-state index is -0.500. The van der Waals surface area contributed by atoms with Crippen LogP contribution in [-0.2, 0) is 4.79 Å². The molecule has 2 aromatic rings. The predicted molar refractivity (Wildman–Crippen MR) is 84.5 cm³/mol. The van der Waals surface area contributed by atoms with Gasteiger partial charge in [-0.1, -0.05) is 43.7 Å². The molecule has 0 saturated carbocycles. The third-order valence-electron chi connectivity index (χ3n) is 3.05. The van der Waals surface area contributed by atoms with Gasteiger partial charge < -0.3 is 15.8 Å². The number of anilines is 1. The first-order chi connectivity index (χ1) is 10.2. The lowest BCUT2D eigenvalue weighted by atomic mass is 10.1. The molecule has 0 unspecified atom stereocenters. The average Bonchev–Trinajstić information content (AvgIpc) is 2.50. The molecular formula is C17H20N2O2. The van der Waals surface area contributed by atoms with Crippen LogP contribution in [0.4, 0.5) is 5.69 Å². The quantitative estimate of drug-likeness (QED) is 0.852. The van der Waals surface area contributed by atoms with Crippen LogP contribution in [0.2, 0.25) is 0 Å². The normalized spacial score (nSPS) is 11.7. The van der Waals surface area contributed by atoms with Gasteiger partial charge in [0, 0.05) is 0 Å². The Balaban J connectivity index is 2.12. The van der Waals surface area contributed by atoms with Crippen molar-refractivity contribution in [2.75, 3.05) is 5.32 Å². The molecule has 1 atom stereocenters. The molecule has 0 saturated heterocycles. The van der Waals surface area contributed by atoms with E-state index in [9.17, 15) is 4.79 Å². The van der Waals surface area contributed by atoms with Crippen LogP contribution in [0.1, 0.15) is 19.8 Å². The SMILES string of the molecule is CCC[C@H](N)C(=O)Nc1ccccc1Oc1ccccc1. The van der Waals surface area contributed by atoms with Crippen LogP contribution < -0.4 is 15.8 Å². The van der Waals surface area contributed by atoms with Crippen LogP contribution in [-0.4, -0.2) is 11.9 Å². The molecule has 4 nitrogen and oxygen atoms in total. The van der Waals surface area contributed by atoms with Gasteiger partial charge in [-0.05, 0) is 30.7 Å². The molecule has 110 valence electrons. The second kappa shape index (κ2) is 7.45. The van der Waals surface area contributed by atoms with Crippen LogP contribution in [0.5, 0.6) is 11.5 Å². The molecule has 0 heterocycles. The van der Waals surface area contributed by atoms with Crippen molar-refractivity contribution in [2.45, 2.75) is 25.8 Å². The topological polar surface area (TPSA) is 64.4 Å². The zero-order valence-corrected chi connectivity index (χ0v) is 12.1. The van der Waals surface area contributed by atoms with E-state index in [2.05, 4.69) is 5.32 Å². The van der Waals surface area contributed by atoms with Gasteiger partial charge in [0.1, 0.15) is 5.75 Å². The monoisotopic (exact) mass is 284 g/mol. The summed E-state index contributed by atoms with van der Waals surface area (Å²) in [6.45, 7) is 2.00. The molecule has 0 aliphatic rings. The van der Waals surface area contributed by atoms with E-state index in [0.717, 1.165) is 12.2 Å². The van der Waals surface area contributed by atoms with E-state index in [1.165, 1.54) is 0 Å². The standard InChI is InChI=1S/C17H20N2O2/c1-2-8-14(18)17(20)19-15-11-6-7-12-16(15)21-13-9-4-3-5-10-13/h3-7,9-12,14H,2,8,18H2,1H3,(H,19,20)/t14-/m0/s1. The van der Waals surface area contributed by atoms with Crippen LogP contribution in [0.3, 0.4) is 0 Å². The lowest BCUT2D eigenvalue weighted by Crippen LogP contribution is -2.35. The summed E-state index contributed by atoms with van der Waals surface area (Å²) in [4.78, 5) is 12.0. The molecule has 0 fully saturated rings. The molecule has 0 spiro atoms. The molecule has 0 radical (unpaired) electrons. The van der Waals surface area contributed by atoms with E-state index in [1.807, 2.05) is 55.5 Å². The van der Waals surface area contributed by atoms with Crippen LogP contribution >= 0.6 is 0 Å². The Morgan fingerprint density at radius 1 is 1.14 bits per heavy atom. The summed E-state index contributed by atoms with van der Waals surface area (Å²) in [5.41, 5.74) is 6.45. The summed E-state index contributed by atoms with van der Waals surface area (Å²) in [5, 5.41) is 2.83. The van der Waals surface area contributed by atoms with E-state index in [1.54, 1.807) is 6.07 Å². The van der Waals surface area contributed by atoms with Gasteiger partial charge >= 0.3 is 0 Å². The zero-order chi connectivity index (χ0) is 15.1. The number of benzene rings is 2. The highest BCUT2D eigenvalue weighted by Gasteiger charge is 2.14. The number of ether oxygens (including phenoxy) is 1. The van der Waals surface area contributed by atoms with Crippen molar-refractivity contribution in [3.63, 3.8) is 0 Å². The Labute approximate surface area is 124 Å². The largest absolute Gasteiger partial charge is 0.455 e. The maximum Gasteiger partial charge on any atom is 0.241 e. The van der Waals surface area contributed by atoms with Crippen molar-refractivity contribution in [1.29, 1.82) is 0 Å². The van der Waals surface area contributed by atoms with Crippen molar-refractivity contribution < 1.29 is 9.53 Å². The van der Waals surface area contributed by atoms with Crippen molar-refractivity contribution in [2.24, 2.45) is 5.73 Å². The van der Waals surface area contributed by atoms with Gasteiger partial charge in [-0.15, -0.1) is 0 Å². The molecule has 4 heteroatoms. The summed E-state index contributed by atoms with van der Waals surface area (Å²) in [6, 6.07) is 16.3. The first-order valence-electron chi connectivity index (χ1n) is 7.09. The van der Waals surface area contributed by atoms with E-state index >= 15 is 0 Å². The molecule has 1 amide bonds. The summed E-state index contributed by atoms with van der Waals surface area (Å²) in [5.74, 6) is 1.12. The summed E-state index contributed by atoms with van der Waals surface area (Å²) in [7, 11) is 0. The lowest BCUT2D eigenvalue weighted by molar-refractivity contribution is -0.117. The predicted octanol–water partition coefficient (Wildman–Crippen LogP) is 3.54. The number of nitrogens with one attached hydrogen (secondary N) is 1. The second-order valence-electron chi connectivity index (χ2n) is 4.80.